The Hall–Kier alpha value is -1.51. The molecule has 2 atom stereocenters. The highest BCUT2D eigenvalue weighted by Gasteiger charge is 2.31. The molecule has 0 radical (unpaired) electrons. The number of unbranched alkanes of at least 4 members (excludes halogenated alkanes) is 1. The summed E-state index contributed by atoms with van der Waals surface area (Å²) in [6, 6.07) is 8.45. The zero-order valence-electron chi connectivity index (χ0n) is 12.9. The summed E-state index contributed by atoms with van der Waals surface area (Å²) < 4.78 is 0. The molecule has 1 amide bonds. The van der Waals surface area contributed by atoms with E-state index in [2.05, 4.69) is 43.1 Å². The van der Waals surface area contributed by atoms with Crippen LogP contribution in [0.2, 0.25) is 0 Å². The molecule has 0 spiro atoms. The molecule has 110 valence electrons. The average molecular weight is 274 g/mol. The van der Waals surface area contributed by atoms with Gasteiger partial charge in [-0.05, 0) is 31.4 Å². The van der Waals surface area contributed by atoms with Crippen LogP contribution < -0.4 is 5.32 Å². The first-order valence-corrected chi connectivity index (χ1v) is 7.82. The molecule has 1 aromatic rings. The molecule has 0 fully saturated rings. The van der Waals surface area contributed by atoms with Crippen molar-refractivity contribution in [2.24, 2.45) is 0 Å². The summed E-state index contributed by atoms with van der Waals surface area (Å²) >= 11 is 0. The zero-order valence-corrected chi connectivity index (χ0v) is 12.9. The molecule has 3 heteroatoms. The Kier molecular flexibility index (Phi) is 5.05. The monoisotopic (exact) mass is 274 g/mol. The highest BCUT2D eigenvalue weighted by atomic mass is 16.2. The second-order valence-electron chi connectivity index (χ2n) is 5.70. The van der Waals surface area contributed by atoms with Crippen molar-refractivity contribution >= 4 is 11.6 Å². The van der Waals surface area contributed by atoms with Gasteiger partial charge in [0.2, 0.25) is 5.91 Å². The van der Waals surface area contributed by atoms with E-state index >= 15 is 0 Å². The Bertz CT molecular complexity index is 433. The second kappa shape index (κ2) is 6.78. The fraction of sp³-hybridized carbons (Fsp3) is 0.588. The topological polar surface area (TPSA) is 32.3 Å². The molecule has 0 saturated carbocycles. The molecule has 1 aromatic carbocycles. The number of benzene rings is 1. The largest absolute Gasteiger partial charge is 0.373 e. The minimum Gasteiger partial charge on any atom is -0.373 e. The summed E-state index contributed by atoms with van der Waals surface area (Å²) in [4.78, 5) is 14.8. The van der Waals surface area contributed by atoms with Gasteiger partial charge in [-0.25, -0.2) is 0 Å². The van der Waals surface area contributed by atoms with Crippen molar-refractivity contribution in [3.05, 3.63) is 29.8 Å². The van der Waals surface area contributed by atoms with Crippen molar-refractivity contribution in [1.82, 2.24) is 4.90 Å². The number of nitrogens with zero attached hydrogens (tertiary/aromatic N) is 1. The molecule has 3 nitrogen and oxygen atoms in total. The number of fused-ring (bicyclic) bond motifs is 1. The second-order valence-corrected chi connectivity index (χ2v) is 5.70. The van der Waals surface area contributed by atoms with Crippen molar-refractivity contribution in [2.45, 2.75) is 58.5 Å². The van der Waals surface area contributed by atoms with Crippen molar-refractivity contribution in [3.8, 4) is 0 Å². The molecule has 2 rings (SSSR count). The molecule has 2 unspecified atom stereocenters. The minimum absolute atomic E-state index is 0.0849. The third-order valence-corrected chi connectivity index (χ3v) is 4.23. The van der Waals surface area contributed by atoms with Gasteiger partial charge in [-0.3, -0.25) is 4.79 Å². The van der Waals surface area contributed by atoms with Gasteiger partial charge in [0.25, 0.3) is 0 Å². The molecule has 1 aliphatic heterocycles. The highest BCUT2D eigenvalue weighted by molar-refractivity contribution is 5.87. The standard InChI is InChI=1S/C17H26N2O/c1-4-6-11-19(13(3)5-2)17(20)16-12-14-9-7-8-10-15(14)18-16/h7-10,13,16,18H,4-6,11-12H2,1-3H3. The maximum absolute atomic E-state index is 12.8. The van der Waals surface area contributed by atoms with E-state index in [4.69, 9.17) is 0 Å². The molecule has 1 aliphatic rings. The number of nitrogens with one attached hydrogen (secondary N) is 1. The van der Waals surface area contributed by atoms with Crippen molar-refractivity contribution < 1.29 is 4.79 Å². The van der Waals surface area contributed by atoms with Crippen LogP contribution in [0.3, 0.4) is 0 Å². The van der Waals surface area contributed by atoms with Gasteiger partial charge in [-0.15, -0.1) is 0 Å². The first kappa shape index (κ1) is 14.9. The van der Waals surface area contributed by atoms with Crippen molar-refractivity contribution in [3.63, 3.8) is 0 Å². The van der Waals surface area contributed by atoms with Gasteiger partial charge in [0.15, 0.2) is 0 Å². The Morgan fingerprint density at radius 2 is 2.15 bits per heavy atom. The lowest BCUT2D eigenvalue weighted by atomic mass is 10.1. The lowest BCUT2D eigenvalue weighted by molar-refractivity contribution is -0.134. The minimum atomic E-state index is -0.0849. The normalized spacial score (nSPS) is 18.2. The number of hydrogen-bond donors (Lipinski definition) is 1. The molecular formula is C17H26N2O. The summed E-state index contributed by atoms with van der Waals surface area (Å²) in [5, 5.41) is 3.38. The van der Waals surface area contributed by atoms with Crippen LogP contribution in [0, 0.1) is 0 Å². The first-order valence-electron chi connectivity index (χ1n) is 7.82. The molecule has 0 aliphatic carbocycles. The SMILES string of the molecule is CCCCN(C(=O)C1Cc2ccccc2N1)C(C)CC. The maximum atomic E-state index is 12.8. The van der Waals surface area contributed by atoms with Crippen LogP contribution >= 0.6 is 0 Å². The van der Waals surface area contributed by atoms with E-state index in [0.29, 0.717) is 6.04 Å². The maximum Gasteiger partial charge on any atom is 0.245 e. The Labute approximate surface area is 122 Å². The van der Waals surface area contributed by atoms with E-state index in [1.54, 1.807) is 0 Å². The number of anilines is 1. The Morgan fingerprint density at radius 1 is 1.40 bits per heavy atom. The van der Waals surface area contributed by atoms with E-state index < -0.39 is 0 Å². The third-order valence-electron chi connectivity index (χ3n) is 4.23. The number of hydrogen-bond acceptors (Lipinski definition) is 2. The van der Waals surface area contributed by atoms with E-state index in [9.17, 15) is 4.79 Å². The smallest absolute Gasteiger partial charge is 0.245 e. The fourth-order valence-corrected chi connectivity index (χ4v) is 2.74. The Morgan fingerprint density at radius 3 is 2.80 bits per heavy atom. The Balaban J connectivity index is 2.06. The summed E-state index contributed by atoms with van der Waals surface area (Å²) in [7, 11) is 0. The predicted octanol–water partition coefficient (Wildman–Crippen LogP) is 3.45. The van der Waals surface area contributed by atoms with Crippen LogP contribution in [0.1, 0.15) is 45.6 Å². The van der Waals surface area contributed by atoms with Gasteiger partial charge in [-0.1, -0.05) is 38.5 Å². The molecule has 0 saturated heterocycles. The molecule has 0 bridgehead atoms. The molecule has 20 heavy (non-hydrogen) atoms. The lowest BCUT2D eigenvalue weighted by Gasteiger charge is -2.31. The number of rotatable bonds is 6. The van der Waals surface area contributed by atoms with Gasteiger partial charge in [0, 0.05) is 24.7 Å². The van der Waals surface area contributed by atoms with E-state index in [1.165, 1.54) is 5.56 Å². The summed E-state index contributed by atoms with van der Waals surface area (Å²) in [6.07, 6.45) is 4.03. The summed E-state index contributed by atoms with van der Waals surface area (Å²) in [5.41, 5.74) is 2.37. The average Bonchev–Trinajstić information content (AvgIpc) is 2.90. The van der Waals surface area contributed by atoms with E-state index in [0.717, 1.165) is 37.9 Å². The molecule has 0 aromatic heterocycles. The van der Waals surface area contributed by atoms with Crippen LogP contribution in [-0.2, 0) is 11.2 Å². The summed E-state index contributed by atoms with van der Waals surface area (Å²) in [6.45, 7) is 7.34. The van der Waals surface area contributed by atoms with Crippen LogP contribution in [0.5, 0.6) is 0 Å². The van der Waals surface area contributed by atoms with E-state index in [1.807, 2.05) is 12.1 Å². The number of para-hydroxylation sites is 1. The van der Waals surface area contributed by atoms with Crippen molar-refractivity contribution in [2.75, 3.05) is 11.9 Å². The third kappa shape index (κ3) is 3.14. The molecular weight excluding hydrogens is 248 g/mol. The number of carbonyl (C=O) groups excluding carboxylic acids is 1. The van der Waals surface area contributed by atoms with Crippen LogP contribution in [0.15, 0.2) is 24.3 Å². The van der Waals surface area contributed by atoms with E-state index in [-0.39, 0.29) is 11.9 Å². The van der Waals surface area contributed by atoms with Crippen LogP contribution in [0.25, 0.3) is 0 Å². The van der Waals surface area contributed by atoms with Gasteiger partial charge in [0.05, 0.1) is 0 Å². The number of amides is 1. The highest BCUT2D eigenvalue weighted by Crippen LogP contribution is 2.26. The zero-order chi connectivity index (χ0) is 14.5. The van der Waals surface area contributed by atoms with Gasteiger partial charge in [-0.2, -0.15) is 0 Å². The van der Waals surface area contributed by atoms with Crippen LogP contribution in [-0.4, -0.2) is 29.4 Å². The quantitative estimate of drug-likeness (QED) is 0.861. The van der Waals surface area contributed by atoms with Gasteiger partial charge >= 0.3 is 0 Å². The fourth-order valence-electron chi connectivity index (χ4n) is 2.74. The number of carbonyl (C=O) groups is 1. The first-order chi connectivity index (χ1) is 9.67. The lowest BCUT2D eigenvalue weighted by Crippen LogP contribution is -2.46. The molecule has 1 N–H and O–H groups in total. The predicted molar refractivity (Wildman–Crippen MR) is 83.9 cm³/mol. The van der Waals surface area contributed by atoms with Crippen LogP contribution in [0.4, 0.5) is 5.69 Å². The summed E-state index contributed by atoms with van der Waals surface area (Å²) in [5.74, 6) is 0.254. The van der Waals surface area contributed by atoms with Gasteiger partial charge < -0.3 is 10.2 Å². The van der Waals surface area contributed by atoms with Crippen molar-refractivity contribution in [1.29, 1.82) is 0 Å². The molecule has 1 heterocycles. The van der Waals surface area contributed by atoms with Gasteiger partial charge in [0.1, 0.15) is 6.04 Å².